The van der Waals surface area contributed by atoms with Gasteiger partial charge in [-0.05, 0) is 24.3 Å². The molecule has 2 aliphatic rings. The Kier molecular flexibility index (Phi) is 5.74. The van der Waals surface area contributed by atoms with Gasteiger partial charge in [-0.15, -0.1) is 34.9 Å². The van der Waals surface area contributed by atoms with Crippen LogP contribution in [0.4, 0.5) is 5.13 Å². The van der Waals surface area contributed by atoms with E-state index < -0.39 is 0 Å². The SMILES string of the molecule is O=C(COc1ccccc1C1SCCS1)Nc1nc(-c2ccc3c(c2)OCO3)cs1. The number of nitrogens with one attached hydrogen (secondary N) is 1. The van der Waals surface area contributed by atoms with Crippen LogP contribution in [0.3, 0.4) is 0 Å². The van der Waals surface area contributed by atoms with Gasteiger partial charge >= 0.3 is 0 Å². The lowest BCUT2D eigenvalue weighted by molar-refractivity contribution is -0.118. The van der Waals surface area contributed by atoms with E-state index in [9.17, 15) is 4.79 Å². The van der Waals surface area contributed by atoms with Crippen LogP contribution < -0.4 is 19.5 Å². The van der Waals surface area contributed by atoms with Crippen LogP contribution >= 0.6 is 34.9 Å². The molecule has 1 amide bonds. The Morgan fingerprint density at radius 3 is 2.87 bits per heavy atom. The number of aromatic nitrogens is 1. The first kappa shape index (κ1) is 19.6. The van der Waals surface area contributed by atoms with Crippen molar-refractivity contribution in [3.63, 3.8) is 0 Å². The molecule has 2 aliphatic heterocycles. The molecular formula is C21H18N2O4S3. The van der Waals surface area contributed by atoms with Gasteiger partial charge in [0, 0.05) is 28.0 Å². The molecule has 6 nitrogen and oxygen atoms in total. The van der Waals surface area contributed by atoms with Crippen LogP contribution in [0.1, 0.15) is 10.1 Å². The number of carbonyl (C=O) groups excluding carboxylic acids is 1. The number of para-hydroxylation sites is 1. The summed E-state index contributed by atoms with van der Waals surface area (Å²) in [6, 6.07) is 13.6. The van der Waals surface area contributed by atoms with Gasteiger partial charge in [0.15, 0.2) is 23.2 Å². The number of fused-ring (bicyclic) bond motifs is 1. The van der Waals surface area contributed by atoms with Gasteiger partial charge < -0.3 is 14.2 Å². The molecule has 0 aliphatic carbocycles. The van der Waals surface area contributed by atoms with Gasteiger partial charge in [-0.3, -0.25) is 10.1 Å². The average Bonchev–Trinajstić information content (AvgIpc) is 3.53. The number of benzene rings is 2. The smallest absolute Gasteiger partial charge is 0.264 e. The van der Waals surface area contributed by atoms with E-state index in [-0.39, 0.29) is 19.3 Å². The lowest BCUT2D eigenvalue weighted by Crippen LogP contribution is -2.20. The fourth-order valence-corrected chi connectivity index (χ4v) is 6.81. The van der Waals surface area contributed by atoms with Crippen molar-refractivity contribution < 1.29 is 19.0 Å². The molecular weight excluding hydrogens is 440 g/mol. The van der Waals surface area contributed by atoms with Crippen molar-refractivity contribution in [2.24, 2.45) is 0 Å². The lowest BCUT2D eigenvalue weighted by Gasteiger charge is -2.14. The van der Waals surface area contributed by atoms with Crippen LogP contribution in [0, 0.1) is 0 Å². The van der Waals surface area contributed by atoms with Crippen LogP contribution in [0.5, 0.6) is 17.2 Å². The van der Waals surface area contributed by atoms with E-state index in [4.69, 9.17) is 14.2 Å². The molecule has 0 atom stereocenters. The van der Waals surface area contributed by atoms with E-state index >= 15 is 0 Å². The Bertz CT molecular complexity index is 1070. The summed E-state index contributed by atoms with van der Waals surface area (Å²) in [7, 11) is 0. The lowest BCUT2D eigenvalue weighted by atomic mass is 10.1. The number of thioether (sulfide) groups is 2. The second-order valence-electron chi connectivity index (χ2n) is 6.55. The number of thiazole rings is 1. The predicted octanol–water partition coefficient (Wildman–Crippen LogP) is 5.03. The Labute approximate surface area is 186 Å². The molecule has 1 fully saturated rings. The van der Waals surface area contributed by atoms with E-state index in [1.54, 1.807) is 0 Å². The number of nitrogens with zero attached hydrogens (tertiary/aromatic N) is 1. The maximum atomic E-state index is 12.4. The summed E-state index contributed by atoms with van der Waals surface area (Å²) in [4.78, 5) is 16.9. The molecule has 5 rings (SSSR count). The molecule has 30 heavy (non-hydrogen) atoms. The normalized spacial score (nSPS) is 15.3. The van der Waals surface area contributed by atoms with Crippen LogP contribution in [0.25, 0.3) is 11.3 Å². The molecule has 9 heteroatoms. The van der Waals surface area contributed by atoms with Crippen LogP contribution in [-0.4, -0.2) is 35.8 Å². The maximum absolute atomic E-state index is 12.4. The summed E-state index contributed by atoms with van der Waals surface area (Å²) in [6.45, 7) is 0.177. The highest BCUT2D eigenvalue weighted by Crippen LogP contribution is 2.48. The second-order valence-corrected chi connectivity index (χ2v) is 10.1. The fourth-order valence-electron chi connectivity index (χ4n) is 3.16. The van der Waals surface area contributed by atoms with Crippen molar-refractivity contribution in [2.75, 3.05) is 30.2 Å². The molecule has 0 radical (unpaired) electrons. The van der Waals surface area contributed by atoms with E-state index in [1.165, 1.54) is 11.3 Å². The minimum absolute atomic E-state index is 0.0575. The highest BCUT2D eigenvalue weighted by Gasteiger charge is 2.22. The van der Waals surface area contributed by atoms with Crippen molar-refractivity contribution in [3.8, 4) is 28.5 Å². The van der Waals surface area contributed by atoms with Crippen molar-refractivity contribution in [2.45, 2.75) is 4.58 Å². The van der Waals surface area contributed by atoms with Crippen molar-refractivity contribution >= 4 is 45.9 Å². The molecule has 1 saturated heterocycles. The van der Waals surface area contributed by atoms with Gasteiger partial charge in [-0.2, -0.15) is 0 Å². The van der Waals surface area contributed by atoms with Crippen LogP contribution in [0.15, 0.2) is 47.8 Å². The maximum Gasteiger partial charge on any atom is 0.264 e. The van der Waals surface area contributed by atoms with E-state index in [0.29, 0.717) is 15.5 Å². The molecule has 0 bridgehead atoms. The number of anilines is 1. The standard InChI is InChI=1S/C21H18N2O4S3/c24-19(10-25-16-4-2-1-3-14(16)20-28-7-8-29-20)23-21-22-15(11-30-21)13-5-6-17-18(9-13)27-12-26-17/h1-6,9,11,20H,7-8,10,12H2,(H,22,23,24). The Morgan fingerprint density at radius 2 is 1.97 bits per heavy atom. The highest BCUT2D eigenvalue weighted by molar-refractivity contribution is 8.19. The molecule has 3 heterocycles. The molecule has 0 spiro atoms. The number of hydrogen-bond acceptors (Lipinski definition) is 8. The van der Waals surface area contributed by atoms with Gasteiger partial charge in [0.1, 0.15) is 5.75 Å². The van der Waals surface area contributed by atoms with Gasteiger partial charge in [-0.1, -0.05) is 18.2 Å². The zero-order valence-corrected chi connectivity index (χ0v) is 18.3. The zero-order chi connectivity index (χ0) is 20.3. The second kappa shape index (κ2) is 8.79. The van der Waals surface area contributed by atoms with E-state index in [2.05, 4.69) is 16.4 Å². The van der Waals surface area contributed by atoms with Gasteiger partial charge in [0.25, 0.3) is 5.91 Å². The quantitative estimate of drug-likeness (QED) is 0.555. The third-order valence-corrected chi connectivity index (χ3v) is 8.40. The fraction of sp³-hybridized carbons (Fsp3) is 0.238. The van der Waals surface area contributed by atoms with Crippen molar-refractivity contribution in [1.29, 1.82) is 0 Å². The van der Waals surface area contributed by atoms with Gasteiger partial charge in [0.2, 0.25) is 6.79 Å². The Hall–Kier alpha value is -2.36. The first-order chi connectivity index (χ1) is 14.8. The average molecular weight is 459 g/mol. The third kappa shape index (κ3) is 4.23. The molecule has 154 valence electrons. The third-order valence-electron chi connectivity index (χ3n) is 4.57. The van der Waals surface area contributed by atoms with Crippen molar-refractivity contribution in [3.05, 3.63) is 53.4 Å². The Morgan fingerprint density at radius 1 is 1.13 bits per heavy atom. The van der Waals surface area contributed by atoms with Crippen LogP contribution in [0.2, 0.25) is 0 Å². The minimum Gasteiger partial charge on any atom is -0.483 e. The summed E-state index contributed by atoms with van der Waals surface area (Å²) < 4.78 is 17.0. The molecule has 0 saturated carbocycles. The first-order valence-electron chi connectivity index (χ1n) is 9.36. The molecule has 0 unspecified atom stereocenters. The highest BCUT2D eigenvalue weighted by atomic mass is 32.2. The Balaban J connectivity index is 1.21. The van der Waals surface area contributed by atoms with Crippen LogP contribution in [-0.2, 0) is 4.79 Å². The predicted molar refractivity (Wildman–Crippen MR) is 122 cm³/mol. The summed E-state index contributed by atoms with van der Waals surface area (Å²) in [5, 5.41) is 5.26. The topological polar surface area (TPSA) is 69.7 Å². The molecule has 1 aromatic heterocycles. The number of hydrogen-bond donors (Lipinski definition) is 1. The van der Waals surface area contributed by atoms with E-state index in [1.807, 2.05) is 65.3 Å². The summed E-state index contributed by atoms with van der Waals surface area (Å²) >= 11 is 5.20. The molecule has 3 aromatic rings. The van der Waals surface area contributed by atoms with Gasteiger partial charge in [0.05, 0.1) is 10.3 Å². The number of rotatable bonds is 6. The number of amides is 1. The zero-order valence-electron chi connectivity index (χ0n) is 15.8. The van der Waals surface area contributed by atoms with Gasteiger partial charge in [-0.25, -0.2) is 4.98 Å². The van der Waals surface area contributed by atoms with E-state index in [0.717, 1.165) is 39.8 Å². The molecule has 2 aromatic carbocycles. The number of carbonyl (C=O) groups is 1. The monoisotopic (exact) mass is 458 g/mol. The first-order valence-corrected chi connectivity index (χ1v) is 12.3. The summed E-state index contributed by atoms with van der Waals surface area (Å²) in [5.41, 5.74) is 2.82. The molecule has 1 N–H and O–H groups in total. The van der Waals surface area contributed by atoms with Crippen molar-refractivity contribution in [1.82, 2.24) is 4.98 Å². The summed E-state index contributed by atoms with van der Waals surface area (Å²) in [6.07, 6.45) is 0. The summed E-state index contributed by atoms with van der Waals surface area (Å²) in [5.74, 6) is 4.24. The number of ether oxygens (including phenoxy) is 3. The largest absolute Gasteiger partial charge is 0.483 e. The minimum atomic E-state index is -0.233.